The van der Waals surface area contributed by atoms with E-state index < -0.39 is 0 Å². The molecule has 0 fully saturated rings. The molecule has 1 rings (SSSR count). The molecule has 0 saturated carbocycles. The highest BCUT2D eigenvalue weighted by atomic mass is 16.5. The van der Waals surface area contributed by atoms with Crippen molar-refractivity contribution >= 4 is 5.97 Å². The van der Waals surface area contributed by atoms with E-state index in [0.29, 0.717) is 22.4 Å². The van der Waals surface area contributed by atoms with E-state index in [1.807, 2.05) is 0 Å². The van der Waals surface area contributed by atoms with Gasteiger partial charge in [-0.15, -0.1) is 0 Å². The van der Waals surface area contributed by atoms with Gasteiger partial charge in [-0.25, -0.2) is 4.79 Å². The van der Waals surface area contributed by atoms with Crippen LogP contribution >= 0.6 is 0 Å². The Hall–Kier alpha value is -1.35. The van der Waals surface area contributed by atoms with Crippen molar-refractivity contribution < 1.29 is 14.0 Å². The van der Waals surface area contributed by atoms with Gasteiger partial charge in [-0.05, 0) is 38.2 Å². The molecular formula is C20H34NO2+. The summed E-state index contributed by atoms with van der Waals surface area (Å²) in [6.07, 6.45) is 11.0. The molecule has 0 amide bonds. The van der Waals surface area contributed by atoms with Crippen molar-refractivity contribution in [3.63, 3.8) is 0 Å². The minimum Gasteiger partial charge on any atom is -0.457 e. The molecule has 0 spiro atoms. The van der Waals surface area contributed by atoms with E-state index >= 15 is 0 Å². The Bertz CT molecular complexity index is 486. The van der Waals surface area contributed by atoms with Crippen LogP contribution in [0.3, 0.4) is 0 Å². The molecule has 0 aromatic carbocycles. The van der Waals surface area contributed by atoms with Crippen LogP contribution in [0.15, 0.2) is 36.5 Å². The second-order valence-electron chi connectivity index (χ2n) is 7.99. The molecule has 0 N–H and O–H groups in total. The fourth-order valence-corrected chi connectivity index (χ4v) is 3.16. The fraction of sp³-hybridized carbons (Fsp3) is 0.650. The van der Waals surface area contributed by atoms with E-state index in [1.165, 1.54) is 18.4 Å². The van der Waals surface area contributed by atoms with Crippen molar-refractivity contribution in [3.8, 4) is 0 Å². The van der Waals surface area contributed by atoms with Crippen molar-refractivity contribution in [2.45, 2.75) is 46.6 Å². The number of quaternary nitrogens is 1. The normalized spacial score (nSPS) is 22.5. The van der Waals surface area contributed by atoms with Crippen LogP contribution in [-0.2, 0) is 9.53 Å². The average molecular weight is 320 g/mol. The van der Waals surface area contributed by atoms with Gasteiger partial charge in [0.25, 0.3) is 0 Å². The number of allylic oxidation sites excluding steroid dienone is 3. The summed E-state index contributed by atoms with van der Waals surface area (Å²) in [5.41, 5.74) is 1.76. The maximum atomic E-state index is 11.9. The van der Waals surface area contributed by atoms with Gasteiger partial charge in [-0.2, -0.15) is 0 Å². The largest absolute Gasteiger partial charge is 0.457 e. The van der Waals surface area contributed by atoms with Crippen LogP contribution < -0.4 is 0 Å². The summed E-state index contributed by atoms with van der Waals surface area (Å²) in [4.78, 5) is 11.9. The molecule has 0 bridgehead atoms. The van der Waals surface area contributed by atoms with Gasteiger partial charge in [0.15, 0.2) is 6.54 Å². The van der Waals surface area contributed by atoms with Gasteiger partial charge in [-0.3, -0.25) is 0 Å². The Balaban J connectivity index is 2.74. The summed E-state index contributed by atoms with van der Waals surface area (Å²) in [6, 6.07) is 0.247. The minimum atomic E-state index is -0.177. The van der Waals surface area contributed by atoms with Crippen LogP contribution in [0.25, 0.3) is 0 Å². The molecule has 3 heteroatoms. The molecule has 1 aliphatic carbocycles. The first kappa shape index (κ1) is 19.7. The lowest BCUT2D eigenvalue weighted by atomic mass is 9.68. The van der Waals surface area contributed by atoms with Crippen LogP contribution in [0, 0.1) is 11.3 Å². The predicted octanol–water partition coefficient (Wildman–Crippen LogP) is 4.12. The molecule has 3 nitrogen and oxygen atoms in total. The second-order valence-corrected chi connectivity index (χ2v) is 7.99. The van der Waals surface area contributed by atoms with Gasteiger partial charge in [-0.1, -0.05) is 44.2 Å². The lowest BCUT2D eigenvalue weighted by Crippen LogP contribution is -2.50. The van der Waals surface area contributed by atoms with Gasteiger partial charge < -0.3 is 9.22 Å². The van der Waals surface area contributed by atoms with Crippen molar-refractivity contribution in [1.82, 2.24) is 0 Å². The van der Waals surface area contributed by atoms with Crippen molar-refractivity contribution in [2.24, 2.45) is 11.3 Å². The first-order valence-electron chi connectivity index (χ1n) is 8.54. The molecule has 0 heterocycles. The third-order valence-electron chi connectivity index (χ3n) is 5.17. The number of ether oxygens (including phenoxy) is 1. The molecular weight excluding hydrogens is 286 g/mol. The van der Waals surface area contributed by atoms with Crippen LogP contribution in [0.2, 0.25) is 0 Å². The lowest BCUT2D eigenvalue weighted by Gasteiger charge is -2.38. The predicted molar refractivity (Wildman–Crippen MR) is 97.0 cm³/mol. The maximum absolute atomic E-state index is 11.9. The highest BCUT2D eigenvalue weighted by molar-refractivity contribution is 5.70. The quantitative estimate of drug-likeness (QED) is 0.401. The Kier molecular flexibility index (Phi) is 6.82. The molecule has 2 atom stereocenters. The van der Waals surface area contributed by atoms with Crippen molar-refractivity contribution in [2.75, 3.05) is 27.2 Å². The average Bonchev–Trinajstić information content (AvgIpc) is 2.43. The fourth-order valence-electron chi connectivity index (χ4n) is 3.16. The Morgan fingerprint density at radius 3 is 2.74 bits per heavy atom. The minimum absolute atomic E-state index is 0.177. The van der Waals surface area contributed by atoms with Crippen LogP contribution in [0.4, 0.5) is 0 Å². The van der Waals surface area contributed by atoms with E-state index in [4.69, 9.17) is 4.74 Å². The number of rotatable bonds is 7. The molecule has 0 saturated heterocycles. The second kappa shape index (κ2) is 7.96. The van der Waals surface area contributed by atoms with Gasteiger partial charge in [0.1, 0.15) is 12.6 Å². The molecule has 0 aliphatic heterocycles. The van der Waals surface area contributed by atoms with E-state index in [-0.39, 0.29) is 18.6 Å². The highest BCUT2D eigenvalue weighted by Gasteiger charge is 2.32. The van der Waals surface area contributed by atoms with Gasteiger partial charge in [0.05, 0.1) is 14.1 Å². The van der Waals surface area contributed by atoms with Crippen molar-refractivity contribution in [3.05, 3.63) is 36.5 Å². The maximum Gasteiger partial charge on any atom is 0.362 e. The number of carbonyl (C=O) groups excluding carboxylic acids is 1. The van der Waals surface area contributed by atoms with E-state index in [1.54, 1.807) is 6.08 Å². The van der Waals surface area contributed by atoms with E-state index in [0.717, 1.165) is 0 Å². The SMILES string of the molecule is C=CCOC(=O)C[N+](C)(C)C(C)C=CC1C(C)=CCCC1(C)C. The number of nitrogens with zero attached hydrogens (tertiary/aromatic N) is 1. The molecule has 0 radical (unpaired) electrons. The summed E-state index contributed by atoms with van der Waals surface area (Å²) in [5, 5.41) is 0. The summed E-state index contributed by atoms with van der Waals surface area (Å²) >= 11 is 0. The first-order valence-corrected chi connectivity index (χ1v) is 8.54. The standard InChI is InChI=1S/C20H34NO2/c1-8-14-23-19(22)15-21(6,7)17(3)11-12-18-16(2)10-9-13-20(18,4)5/h8,10-12,17-18H,1,9,13-15H2,2-7H3/q+1. The van der Waals surface area contributed by atoms with Gasteiger partial charge >= 0.3 is 5.97 Å². The smallest absolute Gasteiger partial charge is 0.362 e. The third kappa shape index (κ3) is 5.65. The number of carbonyl (C=O) groups is 1. The summed E-state index contributed by atoms with van der Waals surface area (Å²) in [5.74, 6) is 0.302. The Morgan fingerprint density at radius 2 is 2.17 bits per heavy atom. The number of esters is 1. The first-order chi connectivity index (χ1) is 10.6. The monoisotopic (exact) mass is 320 g/mol. The summed E-state index contributed by atoms with van der Waals surface area (Å²) in [6.45, 7) is 13.3. The molecule has 0 aromatic rings. The molecule has 2 unspecified atom stereocenters. The Morgan fingerprint density at radius 1 is 1.52 bits per heavy atom. The van der Waals surface area contributed by atoms with Crippen LogP contribution in [0.5, 0.6) is 0 Å². The lowest BCUT2D eigenvalue weighted by molar-refractivity contribution is -0.899. The van der Waals surface area contributed by atoms with E-state index in [9.17, 15) is 4.79 Å². The number of hydrogen-bond acceptors (Lipinski definition) is 2. The number of likely N-dealkylation sites (N-methyl/N-ethyl adjacent to an activating group) is 1. The highest BCUT2D eigenvalue weighted by Crippen LogP contribution is 2.41. The zero-order valence-corrected chi connectivity index (χ0v) is 15.8. The molecule has 0 aromatic heterocycles. The van der Waals surface area contributed by atoms with Gasteiger partial charge in [0, 0.05) is 5.92 Å². The zero-order valence-electron chi connectivity index (χ0n) is 15.8. The van der Waals surface area contributed by atoms with Gasteiger partial charge in [0.2, 0.25) is 0 Å². The van der Waals surface area contributed by atoms with E-state index in [2.05, 4.69) is 66.6 Å². The summed E-state index contributed by atoms with van der Waals surface area (Å²) in [7, 11) is 4.14. The van der Waals surface area contributed by atoms with Crippen LogP contribution in [-0.4, -0.2) is 43.7 Å². The van der Waals surface area contributed by atoms with Crippen LogP contribution in [0.1, 0.15) is 40.5 Å². The summed E-state index contributed by atoms with van der Waals surface area (Å²) < 4.78 is 5.70. The number of hydrogen-bond donors (Lipinski definition) is 0. The Labute approximate surface area is 142 Å². The molecule has 1 aliphatic rings. The molecule has 130 valence electrons. The third-order valence-corrected chi connectivity index (χ3v) is 5.17. The van der Waals surface area contributed by atoms with Crippen molar-refractivity contribution in [1.29, 1.82) is 0 Å². The topological polar surface area (TPSA) is 26.3 Å². The zero-order chi connectivity index (χ0) is 17.7. The molecule has 23 heavy (non-hydrogen) atoms.